The van der Waals surface area contributed by atoms with Gasteiger partial charge >= 0.3 is 0 Å². The molecule has 0 radical (unpaired) electrons. The van der Waals surface area contributed by atoms with E-state index in [1.807, 2.05) is 0 Å². The van der Waals surface area contributed by atoms with Crippen LogP contribution in [0.5, 0.6) is 0 Å². The maximum Gasteiger partial charge on any atom is 0.0908 e. The highest BCUT2D eigenvalue weighted by Gasteiger charge is 2.25. The summed E-state index contributed by atoms with van der Waals surface area (Å²) >= 11 is 0. The molecule has 140 valence electrons. The first kappa shape index (κ1) is 19.2. The van der Waals surface area contributed by atoms with Crippen molar-refractivity contribution >= 4 is 0 Å². The summed E-state index contributed by atoms with van der Waals surface area (Å²) in [7, 11) is 0. The molecule has 1 aromatic rings. The zero-order valence-electron chi connectivity index (χ0n) is 16.2. The number of allylic oxidation sites excluding steroid dienone is 2. The van der Waals surface area contributed by atoms with E-state index in [1.54, 1.807) is 6.08 Å². The van der Waals surface area contributed by atoms with Crippen molar-refractivity contribution in [1.82, 2.24) is 0 Å². The van der Waals surface area contributed by atoms with Crippen molar-refractivity contribution in [3.63, 3.8) is 0 Å². The maximum atomic E-state index is 8.64. The Kier molecular flexibility index (Phi) is 7.32. The Morgan fingerprint density at radius 1 is 1.00 bits per heavy atom. The van der Waals surface area contributed by atoms with Gasteiger partial charge in [-0.2, -0.15) is 5.26 Å². The van der Waals surface area contributed by atoms with Crippen LogP contribution < -0.4 is 0 Å². The van der Waals surface area contributed by atoms with Crippen molar-refractivity contribution in [3.05, 3.63) is 47.5 Å². The summed E-state index contributed by atoms with van der Waals surface area (Å²) in [4.78, 5) is 0. The Hall–Kier alpha value is -1.59. The van der Waals surface area contributed by atoms with E-state index in [9.17, 15) is 0 Å². The van der Waals surface area contributed by atoms with Gasteiger partial charge in [0.1, 0.15) is 0 Å². The summed E-state index contributed by atoms with van der Waals surface area (Å²) in [6, 6.07) is 11.4. The molecule has 2 saturated carbocycles. The number of aryl methyl sites for hydroxylation is 1. The van der Waals surface area contributed by atoms with Crippen molar-refractivity contribution in [2.24, 2.45) is 11.8 Å². The third-order valence-electron chi connectivity index (χ3n) is 6.44. The van der Waals surface area contributed by atoms with Crippen LogP contribution in [0, 0.1) is 23.2 Å². The van der Waals surface area contributed by atoms with Gasteiger partial charge in [0.2, 0.25) is 0 Å². The van der Waals surface area contributed by atoms with Gasteiger partial charge in [-0.3, -0.25) is 0 Å². The third-order valence-corrected chi connectivity index (χ3v) is 6.44. The average Bonchev–Trinajstić information content (AvgIpc) is 2.72. The topological polar surface area (TPSA) is 33.0 Å². The van der Waals surface area contributed by atoms with E-state index in [4.69, 9.17) is 10.00 Å². The lowest BCUT2D eigenvalue weighted by molar-refractivity contribution is -0.00337. The molecule has 2 nitrogen and oxygen atoms in total. The van der Waals surface area contributed by atoms with Crippen LogP contribution in [-0.4, -0.2) is 12.7 Å². The van der Waals surface area contributed by atoms with E-state index in [-0.39, 0.29) is 0 Å². The van der Waals surface area contributed by atoms with Crippen LogP contribution in [-0.2, 0) is 11.2 Å². The van der Waals surface area contributed by atoms with Crippen LogP contribution in [0.3, 0.4) is 0 Å². The molecule has 0 aliphatic heterocycles. The van der Waals surface area contributed by atoms with Gasteiger partial charge in [0.25, 0.3) is 0 Å². The summed E-state index contributed by atoms with van der Waals surface area (Å²) in [5.41, 5.74) is 2.95. The van der Waals surface area contributed by atoms with Crippen LogP contribution in [0.1, 0.15) is 75.3 Å². The van der Waals surface area contributed by atoms with Gasteiger partial charge in [0, 0.05) is 12.7 Å². The molecule has 0 saturated heterocycles. The summed E-state index contributed by atoms with van der Waals surface area (Å²) in [6.07, 6.45) is 15.2. The highest BCUT2D eigenvalue weighted by molar-refractivity contribution is 5.25. The Balaban J connectivity index is 1.35. The second kappa shape index (κ2) is 9.93. The molecule has 2 aliphatic carbocycles. The number of ether oxygens (including phenoxy) is 1. The Bertz CT molecular complexity index is 596. The normalized spacial score (nSPS) is 29.5. The minimum atomic E-state index is 0.470. The van der Waals surface area contributed by atoms with Gasteiger partial charge in [-0.05, 0) is 86.7 Å². The van der Waals surface area contributed by atoms with E-state index in [0.29, 0.717) is 12.0 Å². The minimum absolute atomic E-state index is 0.470. The first-order chi connectivity index (χ1) is 12.8. The third kappa shape index (κ3) is 5.45. The molecular formula is C24H33NO. The SMILES string of the molecule is CCc1ccc(C2CCC(OCC3CCC(/C=C/C#N)CC3)CC2)cc1. The van der Waals surface area contributed by atoms with Crippen molar-refractivity contribution < 1.29 is 4.74 Å². The second-order valence-electron chi connectivity index (χ2n) is 8.17. The van der Waals surface area contributed by atoms with E-state index >= 15 is 0 Å². The summed E-state index contributed by atoms with van der Waals surface area (Å²) < 4.78 is 6.29. The molecule has 0 aromatic heterocycles. The van der Waals surface area contributed by atoms with Crippen LogP contribution in [0.2, 0.25) is 0 Å². The van der Waals surface area contributed by atoms with Crippen LogP contribution in [0.25, 0.3) is 0 Å². The second-order valence-corrected chi connectivity index (χ2v) is 8.17. The summed E-state index contributed by atoms with van der Waals surface area (Å²) in [5, 5.41) is 8.64. The van der Waals surface area contributed by atoms with Gasteiger partial charge in [-0.15, -0.1) is 0 Å². The number of rotatable bonds is 6. The van der Waals surface area contributed by atoms with Crippen molar-refractivity contribution in [1.29, 1.82) is 5.26 Å². The van der Waals surface area contributed by atoms with Gasteiger partial charge < -0.3 is 4.74 Å². The predicted octanol–water partition coefficient (Wildman–Crippen LogP) is 6.18. The fourth-order valence-corrected chi connectivity index (χ4v) is 4.59. The molecule has 0 atom stereocenters. The van der Waals surface area contributed by atoms with E-state index in [0.717, 1.165) is 24.9 Å². The zero-order chi connectivity index (χ0) is 18.2. The van der Waals surface area contributed by atoms with Crippen molar-refractivity contribution in [2.45, 2.75) is 76.7 Å². The monoisotopic (exact) mass is 351 g/mol. The van der Waals surface area contributed by atoms with Gasteiger partial charge in [-0.1, -0.05) is 37.3 Å². The molecule has 2 fully saturated rings. The lowest BCUT2D eigenvalue weighted by Gasteiger charge is -2.32. The Morgan fingerprint density at radius 2 is 1.69 bits per heavy atom. The molecule has 0 N–H and O–H groups in total. The minimum Gasteiger partial charge on any atom is -0.378 e. The van der Waals surface area contributed by atoms with Gasteiger partial charge in [-0.25, -0.2) is 0 Å². The fourth-order valence-electron chi connectivity index (χ4n) is 4.59. The van der Waals surface area contributed by atoms with Crippen molar-refractivity contribution in [2.75, 3.05) is 6.61 Å². The van der Waals surface area contributed by atoms with E-state index < -0.39 is 0 Å². The Morgan fingerprint density at radius 3 is 2.31 bits per heavy atom. The molecule has 0 amide bonds. The quantitative estimate of drug-likeness (QED) is 0.573. The summed E-state index contributed by atoms with van der Waals surface area (Å²) in [5.74, 6) is 2.06. The molecule has 0 spiro atoms. The molecule has 0 heterocycles. The first-order valence-electron chi connectivity index (χ1n) is 10.5. The molecular weight excluding hydrogens is 318 g/mol. The van der Waals surface area contributed by atoms with Gasteiger partial charge in [0.15, 0.2) is 0 Å². The number of nitrogens with zero attached hydrogens (tertiary/aromatic N) is 1. The molecule has 2 heteroatoms. The van der Waals surface area contributed by atoms with Crippen LogP contribution in [0.15, 0.2) is 36.4 Å². The standard InChI is InChI=1S/C24H33NO/c1-2-19-9-11-22(12-10-19)23-13-15-24(16-14-23)26-18-21-7-5-20(6-8-21)4-3-17-25/h3-4,9-12,20-21,23-24H,2,5-8,13-16,18H2,1H3/b4-3+. The number of hydrogen-bond donors (Lipinski definition) is 0. The smallest absolute Gasteiger partial charge is 0.0908 e. The fraction of sp³-hybridized carbons (Fsp3) is 0.625. The van der Waals surface area contributed by atoms with E-state index in [2.05, 4.69) is 43.3 Å². The van der Waals surface area contributed by atoms with Crippen molar-refractivity contribution in [3.8, 4) is 6.07 Å². The first-order valence-corrected chi connectivity index (χ1v) is 10.5. The molecule has 3 rings (SSSR count). The molecule has 2 aliphatic rings. The molecule has 0 bridgehead atoms. The van der Waals surface area contributed by atoms with E-state index in [1.165, 1.54) is 62.5 Å². The number of hydrogen-bond acceptors (Lipinski definition) is 2. The Labute approximate surface area is 159 Å². The van der Waals surface area contributed by atoms with Gasteiger partial charge in [0.05, 0.1) is 12.2 Å². The lowest BCUT2D eigenvalue weighted by Crippen LogP contribution is -2.25. The highest BCUT2D eigenvalue weighted by Crippen LogP contribution is 2.35. The number of nitriles is 1. The average molecular weight is 352 g/mol. The maximum absolute atomic E-state index is 8.64. The highest BCUT2D eigenvalue weighted by atomic mass is 16.5. The predicted molar refractivity (Wildman–Crippen MR) is 107 cm³/mol. The largest absolute Gasteiger partial charge is 0.378 e. The lowest BCUT2D eigenvalue weighted by atomic mass is 9.81. The zero-order valence-corrected chi connectivity index (χ0v) is 16.2. The molecule has 1 aromatic carbocycles. The van der Waals surface area contributed by atoms with Crippen LogP contribution in [0.4, 0.5) is 0 Å². The summed E-state index contributed by atoms with van der Waals surface area (Å²) in [6.45, 7) is 3.16. The van der Waals surface area contributed by atoms with Crippen LogP contribution >= 0.6 is 0 Å². The molecule has 0 unspecified atom stereocenters. The molecule has 26 heavy (non-hydrogen) atoms. The number of benzene rings is 1.